The number of hydrogen-bond donors (Lipinski definition) is 0. The van der Waals surface area contributed by atoms with Crippen molar-refractivity contribution in [1.82, 2.24) is 19.5 Å². The summed E-state index contributed by atoms with van der Waals surface area (Å²) in [4.78, 5) is 13.0. The second-order valence-electron chi connectivity index (χ2n) is 4.61. The van der Waals surface area contributed by atoms with E-state index in [1.165, 1.54) is 11.9 Å². The van der Waals surface area contributed by atoms with Crippen molar-refractivity contribution in [1.29, 1.82) is 0 Å². The molecule has 2 aromatic heterocycles. The van der Waals surface area contributed by atoms with Gasteiger partial charge < -0.3 is 9.30 Å². The number of benzene rings is 1. The molecule has 3 rings (SSSR count). The van der Waals surface area contributed by atoms with Gasteiger partial charge in [0, 0.05) is 0 Å². The Balaban J connectivity index is 0.000000924. The minimum Gasteiger partial charge on any atom is -0.492 e. The Morgan fingerprint density at radius 3 is 2.57 bits per heavy atom. The van der Waals surface area contributed by atoms with Crippen molar-refractivity contribution in [3.8, 4) is 0 Å². The third kappa shape index (κ3) is 3.74. The van der Waals surface area contributed by atoms with E-state index in [2.05, 4.69) is 33.7 Å². The summed E-state index contributed by atoms with van der Waals surface area (Å²) >= 11 is 0. The summed E-state index contributed by atoms with van der Waals surface area (Å²) in [6, 6.07) is 10.2. The summed E-state index contributed by atoms with van der Waals surface area (Å²) in [6.07, 6.45) is 3.29. The molecule has 0 unspecified atom stereocenters. The molecule has 0 aliphatic rings. The van der Waals surface area contributed by atoms with Crippen molar-refractivity contribution in [3.63, 3.8) is 0 Å². The quantitative estimate of drug-likeness (QED) is 0.670. The van der Waals surface area contributed by atoms with Crippen LogP contribution in [0.15, 0.2) is 49.6 Å². The van der Waals surface area contributed by atoms with E-state index in [4.69, 9.17) is 4.74 Å². The van der Waals surface area contributed by atoms with Crippen molar-refractivity contribution in [2.24, 2.45) is 0 Å². The lowest BCUT2D eigenvalue weighted by atomic mass is 10.2. The van der Waals surface area contributed by atoms with Crippen LogP contribution in [-0.2, 0) is 11.3 Å². The van der Waals surface area contributed by atoms with E-state index in [-0.39, 0.29) is 0 Å². The number of hydrogen-bond acceptors (Lipinski definition) is 4. The Morgan fingerprint density at radius 2 is 1.87 bits per heavy atom. The normalized spacial score (nSPS) is 10.0. The molecule has 0 bridgehead atoms. The molecule has 0 saturated carbocycles. The number of imidazole rings is 1. The molecule has 120 valence electrons. The summed E-state index contributed by atoms with van der Waals surface area (Å²) in [7, 11) is 0. The maximum absolute atomic E-state index is 5.43. The van der Waals surface area contributed by atoms with Crippen molar-refractivity contribution in [2.45, 2.75) is 27.3 Å². The number of nitrogens with zero attached hydrogens (tertiary/aromatic N) is 4. The van der Waals surface area contributed by atoms with Gasteiger partial charge in [-0.2, -0.15) is 0 Å². The largest absolute Gasteiger partial charge is 0.492 e. The lowest BCUT2D eigenvalue weighted by molar-refractivity contribution is 0.298. The number of rotatable bonds is 5. The molecule has 0 saturated heterocycles. The summed E-state index contributed by atoms with van der Waals surface area (Å²) in [5.41, 5.74) is 3.34. The van der Waals surface area contributed by atoms with Crippen LogP contribution in [0.4, 0.5) is 0 Å². The fraction of sp³-hybridized carbons (Fsp3) is 0.278. The van der Waals surface area contributed by atoms with E-state index >= 15 is 0 Å². The number of aromatic nitrogens is 4. The minimum absolute atomic E-state index is 0.523. The first-order valence-corrected chi connectivity index (χ1v) is 7.81. The first-order chi connectivity index (χ1) is 11.3. The molecule has 3 aromatic rings. The Kier molecular flexibility index (Phi) is 5.86. The zero-order valence-electron chi connectivity index (χ0n) is 13.9. The Labute approximate surface area is 136 Å². The molecule has 0 aliphatic heterocycles. The van der Waals surface area contributed by atoms with Gasteiger partial charge >= 0.3 is 0 Å². The van der Waals surface area contributed by atoms with Gasteiger partial charge in [-0.25, -0.2) is 15.0 Å². The third-order valence-electron chi connectivity index (χ3n) is 3.18. The maximum atomic E-state index is 5.43. The molecule has 2 heterocycles. The first kappa shape index (κ1) is 16.7. The van der Waals surface area contributed by atoms with Gasteiger partial charge in [-0.15, -0.1) is 0 Å². The fourth-order valence-electron chi connectivity index (χ4n) is 2.22. The number of fused-ring (bicyclic) bond motifs is 1. The highest BCUT2D eigenvalue weighted by molar-refractivity contribution is 5.82. The van der Waals surface area contributed by atoms with Gasteiger partial charge in [0.05, 0.1) is 19.5 Å². The topological polar surface area (TPSA) is 52.8 Å². The van der Waals surface area contributed by atoms with Crippen molar-refractivity contribution >= 4 is 16.9 Å². The van der Waals surface area contributed by atoms with Crippen LogP contribution in [0.2, 0.25) is 0 Å². The summed E-state index contributed by atoms with van der Waals surface area (Å²) in [6.45, 7) is 11.1. The van der Waals surface area contributed by atoms with Gasteiger partial charge in [0.15, 0.2) is 5.65 Å². The van der Waals surface area contributed by atoms with Crippen molar-refractivity contribution in [2.75, 3.05) is 6.61 Å². The van der Waals surface area contributed by atoms with Crippen LogP contribution in [0.25, 0.3) is 16.9 Å². The molecule has 1 aromatic carbocycles. The average Bonchev–Trinajstić information content (AvgIpc) is 3.01. The second-order valence-corrected chi connectivity index (χ2v) is 4.61. The van der Waals surface area contributed by atoms with E-state index in [0.717, 1.165) is 12.2 Å². The zero-order valence-corrected chi connectivity index (χ0v) is 13.9. The summed E-state index contributed by atoms with van der Waals surface area (Å²) < 4.78 is 7.42. The predicted molar refractivity (Wildman–Crippen MR) is 92.9 cm³/mol. The van der Waals surface area contributed by atoms with Gasteiger partial charge in [0.25, 0.3) is 0 Å². The summed E-state index contributed by atoms with van der Waals surface area (Å²) in [5, 5.41) is 0. The van der Waals surface area contributed by atoms with Crippen molar-refractivity contribution in [3.05, 3.63) is 60.8 Å². The Bertz CT molecular complexity index is 765. The van der Waals surface area contributed by atoms with Crippen molar-refractivity contribution < 1.29 is 4.74 Å². The predicted octanol–water partition coefficient (Wildman–Crippen LogP) is 3.91. The van der Waals surface area contributed by atoms with Crippen LogP contribution in [0, 0.1) is 0 Å². The van der Waals surface area contributed by atoms with E-state index in [1.807, 2.05) is 43.5 Å². The molecule has 0 radical (unpaired) electrons. The van der Waals surface area contributed by atoms with Crippen LogP contribution >= 0.6 is 0 Å². The smallest absolute Gasteiger partial charge is 0.164 e. The molecule has 0 aliphatic carbocycles. The molecule has 0 N–H and O–H groups in total. The molecule has 23 heavy (non-hydrogen) atoms. The van der Waals surface area contributed by atoms with Gasteiger partial charge in [0.1, 0.15) is 23.3 Å². The average molecular weight is 310 g/mol. The molecular formula is C18H22N4O. The highest BCUT2D eigenvalue weighted by Gasteiger charge is 2.13. The fourth-order valence-corrected chi connectivity index (χ4v) is 2.22. The molecule has 5 nitrogen and oxygen atoms in total. The first-order valence-electron chi connectivity index (χ1n) is 7.81. The monoisotopic (exact) mass is 310 g/mol. The van der Waals surface area contributed by atoms with Crippen LogP contribution in [0.5, 0.6) is 0 Å². The van der Waals surface area contributed by atoms with E-state index in [1.54, 1.807) is 6.33 Å². The molecule has 0 fully saturated rings. The van der Waals surface area contributed by atoms with Crippen LogP contribution in [-0.4, -0.2) is 26.1 Å². The number of ether oxygens (including phenoxy) is 1. The Hall–Kier alpha value is -2.69. The molecule has 5 heteroatoms. The highest BCUT2D eigenvalue weighted by atomic mass is 16.5. The van der Waals surface area contributed by atoms with E-state index < -0.39 is 0 Å². The molecule has 0 spiro atoms. The zero-order chi connectivity index (χ0) is 16.7. The molecule has 0 amide bonds. The highest BCUT2D eigenvalue weighted by Crippen LogP contribution is 2.20. The van der Waals surface area contributed by atoms with E-state index in [9.17, 15) is 0 Å². The third-order valence-corrected chi connectivity index (χ3v) is 3.18. The van der Waals surface area contributed by atoms with Crippen LogP contribution in [0.1, 0.15) is 32.0 Å². The molecule has 0 atom stereocenters. The standard InChI is InChI=1S/C16H16N4O.C2H6/c1-3-21-12(2)14-15-16(18-10-17-14)20(11-19-15)9-13-7-5-4-6-8-13;1-2/h4-8,10-11H,2-3,9H2,1H3;1-2H3. The van der Waals surface area contributed by atoms with Gasteiger partial charge in [-0.05, 0) is 12.5 Å². The van der Waals surface area contributed by atoms with Crippen LogP contribution in [0.3, 0.4) is 0 Å². The van der Waals surface area contributed by atoms with Gasteiger partial charge in [-0.3, -0.25) is 0 Å². The molecular weight excluding hydrogens is 288 g/mol. The van der Waals surface area contributed by atoms with Crippen LogP contribution < -0.4 is 0 Å². The Morgan fingerprint density at radius 1 is 1.13 bits per heavy atom. The maximum Gasteiger partial charge on any atom is 0.164 e. The SMILES string of the molecule is C=C(OCC)c1ncnc2c1ncn2Cc1ccccc1.CC. The minimum atomic E-state index is 0.523. The van der Waals surface area contributed by atoms with E-state index in [0.29, 0.717) is 23.6 Å². The van der Waals surface area contributed by atoms with Gasteiger partial charge in [0.2, 0.25) is 0 Å². The lowest BCUT2D eigenvalue weighted by Gasteiger charge is -2.07. The lowest BCUT2D eigenvalue weighted by Crippen LogP contribution is -2.01. The second kappa shape index (κ2) is 8.08. The summed E-state index contributed by atoms with van der Waals surface area (Å²) in [5.74, 6) is 0.523. The van der Waals surface area contributed by atoms with Gasteiger partial charge in [-0.1, -0.05) is 50.8 Å².